The molecule has 3 rings (SSSR count). The third-order valence-electron chi connectivity index (χ3n) is 3.59. The van der Waals surface area contributed by atoms with Gasteiger partial charge in [0.15, 0.2) is 0 Å². The van der Waals surface area contributed by atoms with Gasteiger partial charge in [0.05, 0.1) is 18.9 Å². The van der Waals surface area contributed by atoms with Gasteiger partial charge in [0.25, 0.3) is 11.5 Å². The van der Waals surface area contributed by atoms with Crippen LogP contribution in [0.1, 0.15) is 40.6 Å². The number of aromatic amines is 1. The molecule has 1 saturated carbocycles. The van der Waals surface area contributed by atoms with Crippen LogP contribution in [0.2, 0.25) is 0 Å². The molecule has 2 fully saturated rings. The molecular formula is C13H17N3O3. The second-order valence-corrected chi connectivity index (χ2v) is 5.09. The highest BCUT2D eigenvalue weighted by atomic mass is 16.5. The number of hydrogen-bond donors (Lipinski definition) is 1. The average molecular weight is 263 g/mol. The van der Waals surface area contributed by atoms with Crippen molar-refractivity contribution in [1.29, 1.82) is 0 Å². The number of nitrogens with one attached hydrogen (secondary N) is 1. The van der Waals surface area contributed by atoms with Gasteiger partial charge >= 0.3 is 0 Å². The largest absolute Gasteiger partial charge is 0.378 e. The maximum absolute atomic E-state index is 12.3. The van der Waals surface area contributed by atoms with Crippen LogP contribution >= 0.6 is 0 Å². The van der Waals surface area contributed by atoms with Crippen molar-refractivity contribution in [3.8, 4) is 0 Å². The summed E-state index contributed by atoms with van der Waals surface area (Å²) in [5.74, 6) is 0.858. The summed E-state index contributed by atoms with van der Waals surface area (Å²) in [5.41, 5.74) is 0.388. The number of rotatable bonds is 2. The first-order valence-corrected chi connectivity index (χ1v) is 6.64. The number of nitrogens with zero attached hydrogens (tertiary/aromatic N) is 2. The first-order chi connectivity index (χ1) is 9.16. The van der Waals surface area contributed by atoms with Crippen molar-refractivity contribution in [2.24, 2.45) is 0 Å². The predicted molar refractivity (Wildman–Crippen MR) is 68.3 cm³/mol. The molecule has 0 bridgehead atoms. The highest BCUT2D eigenvalue weighted by Gasteiger charge is 2.29. The van der Waals surface area contributed by atoms with Crippen molar-refractivity contribution in [2.75, 3.05) is 26.3 Å². The first kappa shape index (κ1) is 12.3. The summed E-state index contributed by atoms with van der Waals surface area (Å²) in [5, 5.41) is 0. The molecule has 102 valence electrons. The molecule has 1 aromatic heterocycles. The molecule has 0 unspecified atom stereocenters. The van der Waals surface area contributed by atoms with Gasteiger partial charge in [-0.3, -0.25) is 9.59 Å². The van der Waals surface area contributed by atoms with Gasteiger partial charge in [0, 0.05) is 19.0 Å². The summed E-state index contributed by atoms with van der Waals surface area (Å²) in [4.78, 5) is 33.2. The summed E-state index contributed by atoms with van der Waals surface area (Å²) in [6.45, 7) is 3.84. The normalized spacial score (nSPS) is 19.5. The SMILES string of the molecule is Cc1nc(C2CC2)[nH]c(=O)c1C(=O)N1CCOCC1. The molecule has 0 aromatic carbocycles. The Hall–Kier alpha value is -1.69. The van der Waals surface area contributed by atoms with Crippen LogP contribution in [0.3, 0.4) is 0 Å². The molecule has 2 aliphatic rings. The molecule has 1 aliphatic carbocycles. The molecule has 19 heavy (non-hydrogen) atoms. The Morgan fingerprint density at radius 2 is 2.05 bits per heavy atom. The van der Waals surface area contributed by atoms with Gasteiger partial charge in [-0.1, -0.05) is 0 Å². The third kappa shape index (κ3) is 2.40. The summed E-state index contributed by atoms with van der Waals surface area (Å²) in [6, 6.07) is 0. The quantitative estimate of drug-likeness (QED) is 0.839. The summed E-state index contributed by atoms with van der Waals surface area (Å²) in [6.07, 6.45) is 2.14. The van der Waals surface area contributed by atoms with E-state index < -0.39 is 0 Å². The molecule has 0 spiro atoms. The molecule has 0 radical (unpaired) electrons. The Labute approximate surface area is 110 Å². The van der Waals surface area contributed by atoms with Crippen molar-refractivity contribution in [3.05, 3.63) is 27.4 Å². The van der Waals surface area contributed by atoms with Crippen molar-refractivity contribution in [2.45, 2.75) is 25.7 Å². The number of aromatic nitrogens is 2. The lowest BCUT2D eigenvalue weighted by Crippen LogP contribution is -2.43. The van der Waals surface area contributed by atoms with Gasteiger partial charge < -0.3 is 14.6 Å². The van der Waals surface area contributed by atoms with Crippen LogP contribution in [-0.4, -0.2) is 47.1 Å². The smallest absolute Gasteiger partial charge is 0.264 e. The van der Waals surface area contributed by atoms with Gasteiger partial charge in [0.2, 0.25) is 0 Å². The van der Waals surface area contributed by atoms with Gasteiger partial charge in [-0.2, -0.15) is 0 Å². The summed E-state index contributed by atoms with van der Waals surface area (Å²) in [7, 11) is 0. The lowest BCUT2D eigenvalue weighted by Gasteiger charge is -2.26. The predicted octanol–water partition coefficient (Wildman–Crippen LogP) is 0.428. The zero-order valence-corrected chi connectivity index (χ0v) is 10.9. The van der Waals surface area contributed by atoms with E-state index in [-0.39, 0.29) is 17.0 Å². The Balaban J connectivity index is 1.91. The number of carbonyl (C=O) groups excluding carboxylic acids is 1. The molecule has 1 N–H and O–H groups in total. The fraction of sp³-hybridized carbons (Fsp3) is 0.615. The molecule has 1 aromatic rings. The van der Waals surface area contributed by atoms with E-state index in [1.807, 2.05) is 0 Å². The highest BCUT2D eigenvalue weighted by Crippen LogP contribution is 2.37. The zero-order valence-electron chi connectivity index (χ0n) is 10.9. The Morgan fingerprint density at radius 3 is 2.63 bits per heavy atom. The van der Waals surface area contributed by atoms with Gasteiger partial charge in [-0.25, -0.2) is 4.98 Å². The summed E-state index contributed by atoms with van der Waals surface area (Å²) >= 11 is 0. The van der Waals surface area contributed by atoms with E-state index in [2.05, 4.69) is 9.97 Å². The van der Waals surface area contributed by atoms with Crippen molar-refractivity contribution >= 4 is 5.91 Å². The van der Waals surface area contributed by atoms with Gasteiger partial charge in [-0.05, 0) is 19.8 Å². The molecule has 1 saturated heterocycles. The van der Waals surface area contributed by atoms with Crippen LogP contribution < -0.4 is 5.56 Å². The van der Waals surface area contributed by atoms with Crippen molar-refractivity contribution in [3.63, 3.8) is 0 Å². The third-order valence-corrected chi connectivity index (χ3v) is 3.59. The monoisotopic (exact) mass is 263 g/mol. The van der Waals surface area contributed by atoms with Crippen molar-refractivity contribution < 1.29 is 9.53 Å². The highest BCUT2D eigenvalue weighted by molar-refractivity contribution is 5.94. The first-order valence-electron chi connectivity index (χ1n) is 6.64. The van der Waals surface area contributed by atoms with Gasteiger partial charge in [0.1, 0.15) is 11.4 Å². The average Bonchev–Trinajstić information content (AvgIpc) is 3.23. The van der Waals surface area contributed by atoms with E-state index in [4.69, 9.17) is 4.74 Å². The van der Waals surface area contributed by atoms with E-state index in [0.717, 1.165) is 18.7 Å². The second-order valence-electron chi connectivity index (χ2n) is 5.09. The molecule has 6 heteroatoms. The molecule has 1 amide bonds. The van der Waals surface area contributed by atoms with Crippen LogP contribution in [0.5, 0.6) is 0 Å². The summed E-state index contributed by atoms with van der Waals surface area (Å²) < 4.78 is 5.21. The van der Waals surface area contributed by atoms with Crippen LogP contribution in [0.4, 0.5) is 0 Å². The van der Waals surface area contributed by atoms with E-state index in [9.17, 15) is 9.59 Å². The number of H-pyrrole nitrogens is 1. The van der Waals surface area contributed by atoms with E-state index in [1.165, 1.54) is 0 Å². The van der Waals surface area contributed by atoms with Crippen LogP contribution in [-0.2, 0) is 4.74 Å². The number of ether oxygens (including phenoxy) is 1. The second kappa shape index (κ2) is 4.77. The molecule has 2 heterocycles. The maximum Gasteiger partial charge on any atom is 0.264 e. The van der Waals surface area contributed by atoms with E-state index >= 15 is 0 Å². The minimum atomic E-state index is -0.314. The molecular weight excluding hydrogens is 246 g/mol. The Morgan fingerprint density at radius 1 is 1.37 bits per heavy atom. The van der Waals surface area contributed by atoms with Crippen molar-refractivity contribution in [1.82, 2.24) is 14.9 Å². The van der Waals surface area contributed by atoms with E-state index in [1.54, 1.807) is 11.8 Å². The zero-order chi connectivity index (χ0) is 13.4. The number of amides is 1. The van der Waals surface area contributed by atoms with Crippen LogP contribution in [0.25, 0.3) is 0 Å². The lowest BCUT2D eigenvalue weighted by atomic mass is 10.2. The molecule has 6 nitrogen and oxygen atoms in total. The number of aryl methyl sites for hydroxylation is 1. The molecule has 0 atom stereocenters. The van der Waals surface area contributed by atoms with E-state index in [0.29, 0.717) is 37.9 Å². The fourth-order valence-corrected chi connectivity index (χ4v) is 2.33. The van der Waals surface area contributed by atoms with Crippen LogP contribution in [0, 0.1) is 6.92 Å². The van der Waals surface area contributed by atoms with Gasteiger partial charge in [-0.15, -0.1) is 0 Å². The minimum absolute atomic E-state index is 0.173. The Kier molecular flexibility index (Phi) is 3.10. The number of carbonyl (C=O) groups is 1. The number of hydrogen-bond acceptors (Lipinski definition) is 4. The maximum atomic E-state index is 12.3. The molecule has 1 aliphatic heterocycles. The lowest BCUT2D eigenvalue weighted by molar-refractivity contribution is 0.0300. The minimum Gasteiger partial charge on any atom is -0.378 e. The topological polar surface area (TPSA) is 75.3 Å². The standard InChI is InChI=1S/C13H17N3O3/c1-8-10(13(18)16-4-6-19-7-5-16)12(17)15-11(14-8)9-2-3-9/h9H,2-7H2,1H3,(H,14,15,17). The Bertz CT molecular complexity index is 557. The number of morpholine rings is 1. The fourth-order valence-electron chi connectivity index (χ4n) is 2.33. The van der Waals surface area contributed by atoms with Crippen LogP contribution in [0.15, 0.2) is 4.79 Å².